The first-order valence-electron chi connectivity index (χ1n) is 8.71. The molecule has 8 heteroatoms. The van der Waals surface area contributed by atoms with Crippen molar-refractivity contribution < 1.29 is 14.7 Å². The summed E-state index contributed by atoms with van der Waals surface area (Å²) in [6.45, 7) is 0.963. The number of aromatic nitrogens is 2. The fourth-order valence-corrected chi connectivity index (χ4v) is 3.64. The van der Waals surface area contributed by atoms with E-state index in [-0.39, 0.29) is 25.4 Å². The molecular weight excluding hydrogens is 326 g/mol. The molecule has 1 aromatic heterocycles. The molecule has 2 N–H and O–H groups in total. The first-order chi connectivity index (χ1) is 11.9. The number of aryl methyl sites for hydroxylation is 1. The number of rotatable bonds is 6. The van der Waals surface area contributed by atoms with E-state index in [0.717, 1.165) is 12.8 Å². The minimum absolute atomic E-state index is 0.102. The summed E-state index contributed by atoms with van der Waals surface area (Å²) in [4.78, 5) is 50.8. The molecule has 8 nitrogen and oxygen atoms in total. The van der Waals surface area contributed by atoms with Gasteiger partial charge >= 0.3 is 11.7 Å². The van der Waals surface area contributed by atoms with E-state index in [0.29, 0.717) is 31.7 Å². The number of carboxylic acids is 1. The van der Waals surface area contributed by atoms with Gasteiger partial charge in [-0.1, -0.05) is 12.8 Å². The largest absolute Gasteiger partial charge is 0.481 e. The lowest BCUT2D eigenvalue weighted by molar-refractivity contribution is -0.156. The van der Waals surface area contributed by atoms with Crippen molar-refractivity contribution in [3.8, 4) is 0 Å². The quantitative estimate of drug-likeness (QED) is 0.773. The molecule has 0 radical (unpaired) electrons. The SMILES string of the molecule is O=C(CCn1ccc(=O)[nH]c1=O)N1CCC[C@@](CC2CC2)(C(=O)O)C1. The summed E-state index contributed by atoms with van der Waals surface area (Å²) >= 11 is 0. The van der Waals surface area contributed by atoms with Gasteiger partial charge in [-0.15, -0.1) is 0 Å². The molecule has 25 heavy (non-hydrogen) atoms. The monoisotopic (exact) mass is 349 g/mol. The van der Waals surface area contributed by atoms with Crippen LogP contribution < -0.4 is 11.2 Å². The van der Waals surface area contributed by atoms with E-state index in [9.17, 15) is 24.3 Å². The predicted molar refractivity (Wildman–Crippen MR) is 89.2 cm³/mol. The Balaban J connectivity index is 1.63. The van der Waals surface area contributed by atoms with Gasteiger partial charge in [0.2, 0.25) is 5.91 Å². The van der Waals surface area contributed by atoms with Crippen molar-refractivity contribution in [3.05, 3.63) is 33.1 Å². The fourth-order valence-electron chi connectivity index (χ4n) is 3.64. The van der Waals surface area contributed by atoms with Crippen LogP contribution >= 0.6 is 0 Å². The number of aliphatic carboxylic acids is 1. The molecule has 0 unspecified atom stereocenters. The summed E-state index contributed by atoms with van der Waals surface area (Å²) in [5.74, 6) is -0.487. The Labute approximate surface area is 144 Å². The first kappa shape index (κ1) is 17.4. The highest BCUT2D eigenvalue weighted by atomic mass is 16.4. The number of nitrogens with one attached hydrogen (secondary N) is 1. The molecule has 3 rings (SSSR count). The van der Waals surface area contributed by atoms with E-state index >= 15 is 0 Å². The second kappa shape index (κ2) is 6.85. The van der Waals surface area contributed by atoms with Crippen LogP contribution in [0.25, 0.3) is 0 Å². The van der Waals surface area contributed by atoms with Crippen LogP contribution in [0.2, 0.25) is 0 Å². The third-order valence-corrected chi connectivity index (χ3v) is 5.22. The number of amides is 1. The predicted octanol–water partition coefficient (Wildman–Crippen LogP) is 0.420. The lowest BCUT2D eigenvalue weighted by Crippen LogP contribution is -2.50. The lowest BCUT2D eigenvalue weighted by Gasteiger charge is -2.40. The van der Waals surface area contributed by atoms with E-state index in [4.69, 9.17) is 0 Å². The zero-order chi connectivity index (χ0) is 18.0. The topological polar surface area (TPSA) is 112 Å². The standard InChI is InChI=1S/C17H23N3O5/c21-13-4-8-19(16(25)18-13)9-5-14(22)20-7-1-6-17(11-20,15(23)24)10-12-2-3-12/h4,8,12H,1-3,5-7,9-11H2,(H,23,24)(H,18,21,25)/t17-/m0/s1. The number of carbonyl (C=O) groups excluding carboxylic acids is 1. The number of hydrogen-bond acceptors (Lipinski definition) is 4. The van der Waals surface area contributed by atoms with Crippen LogP contribution in [0.4, 0.5) is 0 Å². The molecule has 1 saturated heterocycles. The van der Waals surface area contributed by atoms with Crippen LogP contribution in [0, 0.1) is 11.3 Å². The van der Waals surface area contributed by atoms with Crippen LogP contribution in [-0.4, -0.2) is 44.5 Å². The molecule has 1 atom stereocenters. The Kier molecular flexibility index (Phi) is 4.78. The highest BCUT2D eigenvalue weighted by molar-refractivity contribution is 5.79. The van der Waals surface area contributed by atoms with Crippen molar-refractivity contribution in [2.24, 2.45) is 11.3 Å². The molecule has 1 aliphatic carbocycles. The van der Waals surface area contributed by atoms with Gasteiger partial charge in [0.15, 0.2) is 0 Å². The Hall–Kier alpha value is -2.38. The number of carbonyl (C=O) groups is 2. The van der Waals surface area contributed by atoms with Gasteiger partial charge in [0.1, 0.15) is 0 Å². The normalized spacial score (nSPS) is 23.4. The second-order valence-electron chi connectivity index (χ2n) is 7.21. The maximum Gasteiger partial charge on any atom is 0.328 e. The molecule has 1 aromatic rings. The van der Waals surface area contributed by atoms with Crippen molar-refractivity contribution in [2.45, 2.75) is 45.1 Å². The molecule has 0 aromatic carbocycles. The number of hydrogen-bond donors (Lipinski definition) is 2. The maximum atomic E-state index is 12.5. The van der Waals surface area contributed by atoms with Crippen LogP contribution in [-0.2, 0) is 16.1 Å². The smallest absolute Gasteiger partial charge is 0.328 e. The number of H-pyrrole nitrogens is 1. The van der Waals surface area contributed by atoms with Crippen LogP contribution in [0.3, 0.4) is 0 Å². The highest BCUT2D eigenvalue weighted by Crippen LogP contribution is 2.44. The van der Waals surface area contributed by atoms with E-state index in [1.54, 1.807) is 4.90 Å². The molecule has 2 aliphatic rings. The summed E-state index contributed by atoms with van der Waals surface area (Å²) in [5.41, 5.74) is -1.85. The minimum atomic E-state index is -0.829. The number of carboxylic acid groups (broad SMARTS) is 1. The van der Waals surface area contributed by atoms with Gasteiger partial charge in [-0.05, 0) is 25.2 Å². The molecule has 1 amide bonds. The molecule has 1 saturated carbocycles. The van der Waals surface area contributed by atoms with Gasteiger partial charge in [-0.2, -0.15) is 0 Å². The second-order valence-corrected chi connectivity index (χ2v) is 7.21. The first-order valence-corrected chi connectivity index (χ1v) is 8.71. The summed E-state index contributed by atoms with van der Waals surface area (Å²) in [6, 6.07) is 1.23. The van der Waals surface area contributed by atoms with Gasteiger partial charge in [0.05, 0.1) is 5.41 Å². The van der Waals surface area contributed by atoms with Gasteiger partial charge < -0.3 is 14.6 Å². The van der Waals surface area contributed by atoms with E-state index in [1.165, 1.54) is 16.8 Å². The summed E-state index contributed by atoms with van der Waals surface area (Å²) in [7, 11) is 0. The molecule has 2 fully saturated rings. The van der Waals surface area contributed by atoms with Crippen molar-refractivity contribution in [2.75, 3.05) is 13.1 Å². The lowest BCUT2D eigenvalue weighted by atomic mass is 9.75. The highest BCUT2D eigenvalue weighted by Gasteiger charge is 2.46. The van der Waals surface area contributed by atoms with Gasteiger partial charge in [-0.25, -0.2) is 4.79 Å². The van der Waals surface area contributed by atoms with Gasteiger partial charge in [-0.3, -0.25) is 19.4 Å². The van der Waals surface area contributed by atoms with Crippen LogP contribution in [0.1, 0.15) is 38.5 Å². The maximum absolute atomic E-state index is 12.5. The van der Waals surface area contributed by atoms with Crippen LogP contribution in [0.5, 0.6) is 0 Å². The molecule has 0 bridgehead atoms. The third kappa shape index (κ3) is 4.00. The Morgan fingerprint density at radius 3 is 2.72 bits per heavy atom. The minimum Gasteiger partial charge on any atom is -0.481 e. The Bertz CT molecular complexity index is 779. The summed E-state index contributed by atoms with van der Waals surface area (Å²) < 4.78 is 1.28. The average molecular weight is 349 g/mol. The fraction of sp³-hybridized carbons (Fsp3) is 0.647. The van der Waals surface area contributed by atoms with E-state index < -0.39 is 22.6 Å². The van der Waals surface area contributed by atoms with Gasteiger partial charge in [0.25, 0.3) is 5.56 Å². The van der Waals surface area contributed by atoms with Crippen molar-refractivity contribution in [1.82, 2.24) is 14.5 Å². The summed E-state index contributed by atoms with van der Waals surface area (Å²) in [6.07, 6.45) is 5.57. The molecular formula is C17H23N3O5. The summed E-state index contributed by atoms with van der Waals surface area (Å²) in [5, 5.41) is 9.72. The zero-order valence-electron chi connectivity index (χ0n) is 14.1. The molecule has 2 heterocycles. The number of nitrogens with zero attached hydrogens (tertiary/aromatic N) is 2. The van der Waals surface area contributed by atoms with Gasteiger partial charge in [0, 0.05) is 38.3 Å². The Morgan fingerprint density at radius 2 is 2.08 bits per heavy atom. The molecule has 136 valence electrons. The van der Waals surface area contributed by atoms with E-state index in [2.05, 4.69) is 4.98 Å². The molecule has 0 spiro atoms. The Morgan fingerprint density at radius 1 is 1.32 bits per heavy atom. The molecule has 1 aliphatic heterocycles. The van der Waals surface area contributed by atoms with Crippen molar-refractivity contribution >= 4 is 11.9 Å². The average Bonchev–Trinajstić information content (AvgIpc) is 3.37. The van der Waals surface area contributed by atoms with Crippen molar-refractivity contribution in [3.63, 3.8) is 0 Å². The third-order valence-electron chi connectivity index (χ3n) is 5.22. The van der Waals surface area contributed by atoms with Crippen LogP contribution in [0.15, 0.2) is 21.9 Å². The zero-order valence-corrected chi connectivity index (χ0v) is 14.1. The number of piperidine rings is 1. The number of likely N-dealkylation sites (tertiary alicyclic amines) is 1. The number of aromatic amines is 1. The van der Waals surface area contributed by atoms with Crippen molar-refractivity contribution in [1.29, 1.82) is 0 Å². The van der Waals surface area contributed by atoms with E-state index in [1.807, 2.05) is 0 Å².